The van der Waals surface area contributed by atoms with Crippen LogP contribution in [0.3, 0.4) is 0 Å². The molecule has 1 nitrogen and oxygen atoms in total. The summed E-state index contributed by atoms with van der Waals surface area (Å²) in [6.45, 7) is 5.38. The van der Waals surface area contributed by atoms with Gasteiger partial charge in [-0.2, -0.15) is 0 Å². The highest BCUT2D eigenvalue weighted by Crippen LogP contribution is 2.34. The number of carbonyl (C=O) groups is 1. The van der Waals surface area contributed by atoms with Crippen LogP contribution in [0.2, 0.25) is 0 Å². The van der Waals surface area contributed by atoms with Crippen LogP contribution in [0.4, 0.5) is 0 Å². The topological polar surface area (TPSA) is 17.1 Å². The fourth-order valence-corrected chi connectivity index (χ4v) is 4.74. The molecular weight excluding hydrogens is 208 g/mol. The molecular formula is C8H12OS3. The summed E-state index contributed by atoms with van der Waals surface area (Å²) in [5.41, 5.74) is 0.660. The molecule has 1 aliphatic rings. The molecule has 1 saturated heterocycles. The average Bonchev–Trinajstić information content (AvgIpc) is 2.51. The van der Waals surface area contributed by atoms with Crippen LogP contribution < -0.4 is 0 Å². The first-order chi connectivity index (χ1) is 5.70. The van der Waals surface area contributed by atoms with Gasteiger partial charge in [-0.15, -0.1) is 23.5 Å². The third-order valence-electron chi connectivity index (χ3n) is 1.39. The lowest BCUT2D eigenvalue weighted by Gasteiger charge is -2.05. The minimum absolute atomic E-state index is 0.142. The van der Waals surface area contributed by atoms with Crippen molar-refractivity contribution >= 4 is 40.4 Å². The van der Waals surface area contributed by atoms with Crippen molar-refractivity contribution in [1.29, 1.82) is 0 Å². The summed E-state index contributed by atoms with van der Waals surface area (Å²) >= 11 is 5.31. The molecule has 0 aromatic rings. The Hall–Kier alpha value is 0.460. The lowest BCUT2D eigenvalue weighted by molar-refractivity contribution is -0.107. The predicted octanol–water partition coefficient (Wildman–Crippen LogP) is 2.63. The maximum absolute atomic E-state index is 11.1. The summed E-state index contributed by atoms with van der Waals surface area (Å²) in [6.07, 6.45) is 0. The van der Waals surface area contributed by atoms with E-state index in [9.17, 15) is 4.79 Å². The number of hydrogen-bond acceptors (Lipinski definition) is 4. The predicted molar refractivity (Wildman–Crippen MR) is 61.0 cm³/mol. The molecule has 1 rings (SSSR count). The zero-order chi connectivity index (χ0) is 8.97. The largest absolute Gasteiger partial charge is 0.282 e. The average molecular weight is 220 g/mol. The Labute approximate surface area is 86.1 Å². The molecule has 0 spiro atoms. The molecule has 1 fully saturated rings. The molecule has 0 radical (unpaired) electrons. The molecule has 0 amide bonds. The summed E-state index contributed by atoms with van der Waals surface area (Å²) in [4.78, 5) is 11.1. The van der Waals surface area contributed by atoms with E-state index in [1.165, 1.54) is 23.3 Å². The first kappa shape index (κ1) is 10.5. The zero-order valence-corrected chi connectivity index (χ0v) is 9.49. The van der Waals surface area contributed by atoms with Crippen molar-refractivity contribution < 1.29 is 4.79 Å². The van der Waals surface area contributed by atoms with E-state index in [0.717, 1.165) is 5.75 Å². The fraction of sp³-hybridized carbons (Fsp3) is 0.625. The van der Waals surface area contributed by atoms with Gasteiger partial charge >= 0.3 is 0 Å². The summed E-state index contributed by atoms with van der Waals surface area (Å²) in [6, 6.07) is 0. The van der Waals surface area contributed by atoms with E-state index in [2.05, 4.69) is 6.58 Å². The first-order valence-corrected chi connectivity index (χ1v) is 6.84. The lowest BCUT2D eigenvalue weighted by Crippen LogP contribution is -2.01. The number of thioether (sulfide) groups is 3. The molecule has 0 unspecified atom stereocenters. The normalized spacial score (nSPS) is 18.1. The second-order valence-electron chi connectivity index (χ2n) is 2.55. The van der Waals surface area contributed by atoms with Crippen molar-refractivity contribution in [3.63, 3.8) is 0 Å². The molecule has 0 N–H and O–H groups in total. The Kier molecular flexibility index (Phi) is 4.61. The number of hydrogen-bond donors (Lipinski definition) is 0. The SMILES string of the molecule is C=C(C)C(=O)SCC1SCCS1. The summed E-state index contributed by atoms with van der Waals surface area (Å²) < 4.78 is 0.623. The Balaban J connectivity index is 2.16. The molecule has 1 heterocycles. The monoisotopic (exact) mass is 220 g/mol. The molecule has 0 aromatic heterocycles. The van der Waals surface area contributed by atoms with Crippen LogP contribution in [0.1, 0.15) is 6.92 Å². The van der Waals surface area contributed by atoms with Crippen molar-refractivity contribution in [3.05, 3.63) is 12.2 Å². The van der Waals surface area contributed by atoms with Crippen molar-refractivity contribution in [1.82, 2.24) is 0 Å². The van der Waals surface area contributed by atoms with Gasteiger partial charge in [-0.1, -0.05) is 18.3 Å². The summed E-state index contributed by atoms with van der Waals surface area (Å²) in [5.74, 6) is 3.40. The smallest absolute Gasteiger partial charge is 0.214 e. The van der Waals surface area contributed by atoms with Crippen LogP contribution in [-0.2, 0) is 4.79 Å². The van der Waals surface area contributed by atoms with Crippen LogP contribution in [0.5, 0.6) is 0 Å². The van der Waals surface area contributed by atoms with Crippen LogP contribution in [0.25, 0.3) is 0 Å². The van der Waals surface area contributed by atoms with Gasteiger partial charge in [0.05, 0.1) is 4.58 Å². The second kappa shape index (κ2) is 5.25. The molecule has 68 valence electrons. The van der Waals surface area contributed by atoms with Crippen LogP contribution in [0.15, 0.2) is 12.2 Å². The van der Waals surface area contributed by atoms with Gasteiger partial charge in [0.25, 0.3) is 0 Å². The summed E-state index contributed by atoms with van der Waals surface area (Å²) in [7, 11) is 0. The Morgan fingerprint density at radius 3 is 2.67 bits per heavy atom. The first-order valence-electron chi connectivity index (χ1n) is 3.76. The minimum Gasteiger partial charge on any atom is -0.282 e. The summed E-state index contributed by atoms with van der Waals surface area (Å²) in [5, 5.41) is 0.142. The van der Waals surface area contributed by atoms with E-state index >= 15 is 0 Å². The zero-order valence-electron chi connectivity index (χ0n) is 7.04. The Bertz CT molecular complexity index is 185. The van der Waals surface area contributed by atoms with Gasteiger partial charge in [-0.3, -0.25) is 4.79 Å². The second-order valence-corrected chi connectivity index (χ2v) is 6.46. The lowest BCUT2D eigenvalue weighted by atomic mass is 10.4. The van der Waals surface area contributed by atoms with E-state index in [4.69, 9.17) is 0 Å². The van der Waals surface area contributed by atoms with Gasteiger partial charge in [0, 0.05) is 17.3 Å². The van der Waals surface area contributed by atoms with Crippen LogP contribution in [-0.4, -0.2) is 27.0 Å². The standard InChI is InChI=1S/C8H12OS3/c1-6(2)8(9)12-5-7-10-3-4-11-7/h7H,1,3-5H2,2H3. The van der Waals surface area contributed by atoms with Crippen molar-refractivity contribution in [2.45, 2.75) is 11.5 Å². The molecule has 0 saturated carbocycles. The third-order valence-corrected chi connectivity index (χ3v) is 5.95. The highest BCUT2D eigenvalue weighted by Gasteiger charge is 2.17. The maximum Gasteiger partial charge on any atom is 0.214 e. The van der Waals surface area contributed by atoms with Gasteiger partial charge in [-0.25, -0.2) is 0 Å². The van der Waals surface area contributed by atoms with Gasteiger partial charge in [0.1, 0.15) is 0 Å². The van der Waals surface area contributed by atoms with Gasteiger partial charge in [0.15, 0.2) is 0 Å². The highest BCUT2D eigenvalue weighted by atomic mass is 32.2. The minimum atomic E-state index is 0.142. The van der Waals surface area contributed by atoms with Gasteiger partial charge < -0.3 is 0 Å². The number of rotatable bonds is 3. The molecule has 0 aliphatic carbocycles. The molecule has 0 atom stereocenters. The molecule has 0 bridgehead atoms. The van der Waals surface area contributed by atoms with Crippen LogP contribution >= 0.6 is 35.3 Å². The van der Waals surface area contributed by atoms with E-state index < -0.39 is 0 Å². The number of carbonyl (C=O) groups excluding carboxylic acids is 1. The quantitative estimate of drug-likeness (QED) is 0.680. The van der Waals surface area contributed by atoms with Crippen molar-refractivity contribution in [2.24, 2.45) is 0 Å². The van der Waals surface area contributed by atoms with Crippen LogP contribution in [0, 0.1) is 0 Å². The Morgan fingerprint density at radius 2 is 2.17 bits per heavy atom. The van der Waals surface area contributed by atoms with E-state index in [1.54, 1.807) is 6.92 Å². The van der Waals surface area contributed by atoms with E-state index in [-0.39, 0.29) is 5.12 Å². The van der Waals surface area contributed by atoms with Gasteiger partial charge in [-0.05, 0) is 12.5 Å². The fourth-order valence-electron chi connectivity index (χ4n) is 0.770. The molecule has 4 heteroatoms. The molecule has 12 heavy (non-hydrogen) atoms. The van der Waals surface area contributed by atoms with Crippen molar-refractivity contribution in [2.75, 3.05) is 17.3 Å². The van der Waals surface area contributed by atoms with Crippen molar-refractivity contribution in [3.8, 4) is 0 Å². The van der Waals surface area contributed by atoms with E-state index in [0.29, 0.717) is 10.2 Å². The Morgan fingerprint density at radius 1 is 1.58 bits per heavy atom. The maximum atomic E-state index is 11.1. The van der Waals surface area contributed by atoms with E-state index in [1.807, 2.05) is 23.5 Å². The third kappa shape index (κ3) is 3.46. The highest BCUT2D eigenvalue weighted by molar-refractivity contribution is 8.22. The molecule has 0 aromatic carbocycles. The van der Waals surface area contributed by atoms with Gasteiger partial charge in [0.2, 0.25) is 5.12 Å². The molecule has 1 aliphatic heterocycles.